The summed E-state index contributed by atoms with van der Waals surface area (Å²) in [6.45, 7) is 5.87. The van der Waals surface area contributed by atoms with Crippen LogP contribution in [0.15, 0.2) is 22.7 Å². The molecule has 2 aliphatic rings. The number of hydrogen-bond acceptors (Lipinski definition) is 6. The highest BCUT2D eigenvalue weighted by atomic mass is 16.7. The third-order valence-corrected chi connectivity index (χ3v) is 5.36. The van der Waals surface area contributed by atoms with E-state index in [-0.39, 0.29) is 18.1 Å². The summed E-state index contributed by atoms with van der Waals surface area (Å²) in [5.74, 6) is 3.12. The number of ether oxygens (including phenoxy) is 2. The molecule has 0 radical (unpaired) electrons. The van der Waals surface area contributed by atoms with E-state index in [4.69, 9.17) is 14.0 Å². The average Bonchev–Trinajstić information content (AvgIpc) is 3.31. The van der Waals surface area contributed by atoms with Gasteiger partial charge in [-0.1, -0.05) is 25.1 Å². The summed E-state index contributed by atoms with van der Waals surface area (Å²) in [5, 5.41) is 3.92. The molecular formula is C20H25N3O4. The zero-order valence-electron chi connectivity index (χ0n) is 15.9. The highest BCUT2D eigenvalue weighted by molar-refractivity contribution is 5.77. The number of fused-ring (bicyclic) bond motifs is 1. The van der Waals surface area contributed by atoms with Gasteiger partial charge in [-0.05, 0) is 36.0 Å². The molecule has 2 aromatic rings. The molecule has 0 bridgehead atoms. The Morgan fingerprint density at radius 1 is 1.26 bits per heavy atom. The normalized spacial score (nSPS) is 21.7. The van der Waals surface area contributed by atoms with Gasteiger partial charge in [-0.15, -0.1) is 0 Å². The van der Waals surface area contributed by atoms with Crippen LogP contribution >= 0.6 is 0 Å². The van der Waals surface area contributed by atoms with Crippen molar-refractivity contribution in [2.24, 2.45) is 5.41 Å². The quantitative estimate of drug-likeness (QED) is 0.777. The van der Waals surface area contributed by atoms with Gasteiger partial charge in [-0.25, -0.2) is 0 Å². The molecule has 1 fully saturated rings. The molecule has 4 rings (SSSR count). The smallest absolute Gasteiger partial charge is 0.231 e. The number of benzene rings is 1. The zero-order chi connectivity index (χ0) is 18.9. The summed E-state index contributed by atoms with van der Waals surface area (Å²) >= 11 is 0. The lowest BCUT2D eigenvalue weighted by Gasteiger charge is -2.40. The summed E-state index contributed by atoms with van der Waals surface area (Å²) in [5.41, 5.74) is 1.24. The van der Waals surface area contributed by atoms with Crippen LogP contribution in [0.5, 0.6) is 11.5 Å². The first-order chi connectivity index (χ1) is 13.0. The van der Waals surface area contributed by atoms with Crippen molar-refractivity contribution in [2.45, 2.75) is 46.0 Å². The van der Waals surface area contributed by atoms with E-state index in [2.05, 4.69) is 29.2 Å². The molecule has 2 aliphatic heterocycles. The first-order valence-electron chi connectivity index (χ1n) is 9.52. The molecule has 144 valence electrons. The second-order valence-electron chi connectivity index (χ2n) is 7.70. The van der Waals surface area contributed by atoms with E-state index in [1.165, 1.54) is 5.56 Å². The summed E-state index contributed by atoms with van der Waals surface area (Å²) in [6, 6.07) is 6.11. The predicted octanol–water partition coefficient (Wildman–Crippen LogP) is 2.77. The van der Waals surface area contributed by atoms with Gasteiger partial charge in [-0.2, -0.15) is 4.98 Å². The lowest BCUT2D eigenvalue weighted by molar-refractivity contribution is -0.137. The summed E-state index contributed by atoms with van der Waals surface area (Å²) in [6.07, 6.45) is 3.70. The fraction of sp³-hybridized carbons (Fsp3) is 0.550. The van der Waals surface area contributed by atoms with Crippen LogP contribution in [-0.4, -0.2) is 40.8 Å². The lowest BCUT2D eigenvalue weighted by Crippen LogP contribution is -2.46. The van der Waals surface area contributed by atoms with Gasteiger partial charge in [0, 0.05) is 32.4 Å². The minimum absolute atomic E-state index is 0.0328. The van der Waals surface area contributed by atoms with Crippen LogP contribution in [0.25, 0.3) is 0 Å². The Morgan fingerprint density at radius 3 is 2.93 bits per heavy atom. The van der Waals surface area contributed by atoms with Crippen molar-refractivity contribution in [2.75, 3.05) is 19.9 Å². The van der Waals surface area contributed by atoms with Gasteiger partial charge in [0.15, 0.2) is 17.3 Å². The zero-order valence-corrected chi connectivity index (χ0v) is 15.9. The fourth-order valence-corrected chi connectivity index (χ4v) is 3.85. The van der Waals surface area contributed by atoms with E-state index in [1.807, 2.05) is 17.9 Å². The van der Waals surface area contributed by atoms with Crippen LogP contribution in [0, 0.1) is 5.41 Å². The number of aryl methyl sites for hydroxylation is 1. The maximum absolute atomic E-state index is 12.4. The van der Waals surface area contributed by atoms with E-state index >= 15 is 0 Å². The first-order valence-corrected chi connectivity index (χ1v) is 9.52. The van der Waals surface area contributed by atoms with Crippen molar-refractivity contribution in [3.05, 3.63) is 35.5 Å². The lowest BCUT2D eigenvalue weighted by atomic mass is 9.76. The summed E-state index contributed by atoms with van der Waals surface area (Å²) in [4.78, 5) is 18.7. The first kappa shape index (κ1) is 17.8. The van der Waals surface area contributed by atoms with Gasteiger partial charge in [0.05, 0.1) is 0 Å². The molecular weight excluding hydrogens is 346 g/mol. The molecule has 3 heterocycles. The highest BCUT2D eigenvalue weighted by Crippen LogP contribution is 2.37. The molecule has 1 aromatic carbocycles. The van der Waals surface area contributed by atoms with Crippen molar-refractivity contribution in [1.82, 2.24) is 15.0 Å². The minimum atomic E-state index is 0.0328. The van der Waals surface area contributed by atoms with Gasteiger partial charge < -0.3 is 18.9 Å². The van der Waals surface area contributed by atoms with Gasteiger partial charge >= 0.3 is 0 Å². The molecule has 0 unspecified atom stereocenters. The van der Waals surface area contributed by atoms with E-state index in [9.17, 15) is 4.79 Å². The maximum Gasteiger partial charge on any atom is 0.231 e. The third kappa shape index (κ3) is 3.91. The Balaban J connectivity index is 1.40. The molecule has 0 N–H and O–H groups in total. The molecule has 27 heavy (non-hydrogen) atoms. The predicted molar refractivity (Wildman–Crippen MR) is 97.6 cm³/mol. The number of piperidine rings is 1. The number of amides is 1. The van der Waals surface area contributed by atoms with Crippen LogP contribution < -0.4 is 9.47 Å². The van der Waals surface area contributed by atoms with Crippen LogP contribution in [-0.2, 0) is 24.1 Å². The molecule has 1 amide bonds. The van der Waals surface area contributed by atoms with E-state index in [0.717, 1.165) is 37.3 Å². The number of aromatic nitrogens is 2. The number of carbonyl (C=O) groups is 1. The molecule has 7 nitrogen and oxygen atoms in total. The molecule has 0 aliphatic carbocycles. The highest BCUT2D eigenvalue weighted by Gasteiger charge is 2.35. The Kier molecular flexibility index (Phi) is 4.76. The van der Waals surface area contributed by atoms with E-state index in [1.54, 1.807) is 0 Å². The van der Waals surface area contributed by atoms with Crippen molar-refractivity contribution in [3.8, 4) is 11.5 Å². The molecule has 1 atom stereocenters. The molecule has 0 spiro atoms. The molecule has 1 saturated heterocycles. The topological polar surface area (TPSA) is 77.7 Å². The second-order valence-corrected chi connectivity index (χ2v) is 7.70. The van der Waals surface area contributed by atoms with E-state index in [0.29, 0.717) is 31.1 Å². The largest absolute Gasteiger partial charge is 0.454 e. The number of hydrogen-bond donors (Lipinski definition) is 0. The van der Waals surface area contributed by atoms with Gasteiger partial charge in [0.25, 0.3) is 0 Å². The van der Waals surface area contributed by atoms with Crippen LogP contribution in [0.4, 0.5) is 0 Å². The van der Waals surface area contributed by atoms with Crippen molar-refractivity contribution in [3.63, 3.8) is 0 Å². The maximum atomic E-state index is 12.4. The van der Waals surface area contributed by atoms with Crippen LogP contribution in [0.2, 0.25) is 0 Å². The van der Waals surface area contributed by atoms with Gasteiger partial charge in [-0.3, -0.25) is 4.79 Å². The van der Waals surface area contributed by atoms with Crippen LogP contribution in [0.3, 0.4) is 0 Å². The number of rotatable bonds is 6. The third-order valence-electron chi connectivity index (χ3n) is 5.36. The number of likely N-dealkylation sites (tertiary alicyclic amines) is 1. The average molecular weight is 371 g/mol. The minimum Gasteiger partial charge on any atom is -0.454 e. The van der Waals surface area contributed by atoms with Crippen LogP contribution in [0.1, 0.15) is 44.0 Å². The fourth-order valence-electron chi connectivity index (χ4n) is 3.85. The Morgan fingerprint density at radius 2 is 2.11 bits per heavy atom. The number of carbonyl (C=O) groups excluding carboxylic acids is 1. The SMILES string of the molecule is CCc1noc(CCN2C[C@](C)(Cc3ccc4c(c3)OCO4)CCC2=O)n1. The van der Waals surface area contributed by atoms with E-state index < -0.39 is 0 Å². The van der Waals surface area contributed by atoms with Crippen molar-refractivity contribution < 1.29 is 18.8 Å². The summed E-state index contributed by atoms with van der Waals surface area (Å²) in [7, 11) is 0. The Bertz CT molecular complexity index is 834. The monoisotopic (exact) mass is 371 g/mol. The summed E-state index contributed by atoms with van der Waals surface area (Å²) < 4.78 is 16.1. The molecule has 0 saturated carbocycles. The van der Waals surface area contributed by atoms with Crippen molar-refractivity contribution >= 4 is 5.91 Å². The van der Waals surface area contributed by atoms with Gasteiger partial charge in [0.2, 0.25) is 18.6 Å². The van der Waals surface area contributed by atoms with Gasteiger partial charge in [0.1, 0.15) is 0 Å². The standard InChI is InChI=1S/C20H25N3O4/c1-3-17-21-18(27-22-17)7-9-23-12-20(2,8-6-19(23)24)11-14-4-5-15-16(10-14)26-13-25-15/h4-5,10H,3,6-9,11-13H2,1-2H3/t20-/m0/s1. The Hall–Kier alpha value is -2.57. The molecule has 1 aromatic heterocycles. The molecule has 7 heteroatoms. The van der Waals surface area contributed by atoms with Crippen molar-refractivity contribution in [1.29, 1.82) is 0 Å². The Labute approximate surface area is 158 Å². The number of nitrogens with zero attached hydrogens (tertiary/aromatic N) is 3. The second kappa shape index (κ2) is 7.21.